The van der Waals surface area contributed by atoms with Crippen molar-refractivity contribution < 1.29 is 18.7 Å². The minimum absolute atomic E-state index is 0.150. The van der Waals surface area contributed by atoms with E-state index in [9.17, 15) is 9.18 Å². The van der Waals surface area contributed by atoms with Crippen LogP contribution >= 0.6 is 11.3 Å². The first-order valence-corrected chi connectivity index (χ1v) is 14.1. The van der Waals surface area contributed by atoms with E-state index in [-0.39, 0.29) is 11.7 Å². The summed E-state index contributed by atoms with van der Waals surface area (Å²) < 4.78 is 25.7. The van der Waals surface area contributed by atoms with Crippen LogP contribution in [0.15, 0.2) is 78.9 Å². The molecule has 2 N–H and O–H groups in total. The van der Waals surface area contributed by atoms with Gasteiger partial charge in [-0.1, -0.05) is 54.6 Å². The molecule has 0 bridgehead atoms. The van der Waals surface area contributed by atoms with E-state index in [1.165, 1.54) is 17.4 Å². The van der Waals surface area contributed by atoms with Gasteiger partial charge in [0.25, 0.3) is 5.91 Å². The van der Waals surface area contributed by atoms with Crippen LogP contribution in [0.4, 0.5) is 15.8 Å². The number of methoxy groups -OCH3 is 2. The second kappa shape index (κ2) is 11.1. The van der Waals surface area contributed by atoms with E-state index < -0.39 is 0 Å². The molecule has 0 saturated carbocycles. The highest BCUT2D eigenvalue weighted by Gasteiger charge is 2.29. The Balaban J connectivity index is 1.42. The van der Waals surface area contributed by atoms with Crippen LogP contribution in [-0.4, -0.2) is 56.2 Å². The number of para-hydroxylation sites is 2. The van der Waals surface area contributed by atoms with E-state index in [1.54, 1.807) is 31.3 Å². The van der Waals surface area contributed by atoms with Gasteiger partial charge >= 0.3 is 0 Å². The summed E-state index contributed by atoms with van der Waals surface area (Å²) in [6.45, 7) is 1.97. The number of benzene rings is 3. The number of hydrogen-bond donors (Lipinski definition) is 1. The quantitative estimate of drug-likeness (QED) is 0.258. The number of carbonyl (C=O) groups is 1. The molecule has 1 fully saturated rings. The number of anilines is 2. The predicted octanol–water partition coefficient (Wildman–Crippen LogP) is 6.33. The van der Waals surface area contributed by atoms with Gasteiger partial charge in [-0.25, -0.2) is 9.37 Å². The first kappa shape index (κ1) is 26.6. The van der Waals surface area contributed by atoms with Gasteiger partial charge in [0.05, 0.1) is 31.3 Å². The van der Waals surface area contributed by atoms with Crippen molar-refractivity contribution in [2.75, 3.05) is 51.0 Å². The van der Waals surface area contributed by atoms with Crippen molar-refractivity contribution in [3.05, 3.63) is 89.6 Å². The molecule has 3 heterocycles. The zero-order valence-electron chi connectivity index (χ0n) is 22.8. The molecular weight excluding hydrogens is 539 g/mol. The number of aromatic nitrogens is 1. The second-order valence-corrected chi connectivity index (χ2v) is 10.7. The lowest BCUT2D eigenvalue weighted by Crippen LogP contribution is -2.49. The van der Waals surface area contributed by atoms with Gasteiger partial charge in [-0.15, -0.1) is 11.3 Å². The van der Waals surface area contributed by atoms with Gasteiger partial charge in [0.2, 0.25) is 0 Å². The number of thiophene rings is 1. The summed E-state index contributed by atoms with van der Waals surface area (Å²) in [5.41, 5.74) is 11.0. The summed E-state index contributed by atoms with van der Waals surface area (Å²) in [4.78, 5) is 23.6. The highest BCUT2D eigenvalue weighted by atomic mass is 32.1. The Bertz CT molecular complexity index is 1730. The number of nitrogen functional groups attached to an aromatic ring is 1. The normalized spacial score (nSPS) is 13.4. The third-order valence-electron chi connectivity index (χ3n) is 7.42. The molecule has 1 aliphatic rings. The highest BCUT2D eigenvalue weighted by molar-refractivity contribution is 7.21. The molecule has 5 aromatic rings. The van der Waals surface area contributed by atoms with Crippen LogP contribution in [0.1, 0.15) is 9.67 Å². The number of nitrogens with two attached hydrogens (primary N) is 1. The number of ether oxygens (including phenoxy) is 2. The summed E-state index contributed by atoms with van der Waals surface area (Å²) in [6, 6.07) is 24.3. The Labute approximate surface area is 241 Å². The fourth-order valence-electron chi connectivity index (χ4n) is 5.35. The van der Waals surface area contributed by atoms with Crippen molar-refractivity contribution in [2.45, 2.75) is 0 Å². The number of nitrogens with zero attached hydrogens (tertiary/aromatic N) is 3. The van der Waals surface area contributed by atoms with Crippen LogP contribution in [0.3, 0.4) is 0 Å². The van der Waals surface area contributed by atoms with Crippen LogP contribution in [-0.2, 0) is 0 Å². The smallest absolute Gasteiger partial charge is 0.266 e. The molecular formula is C32H29FN4O3S. The molecule has 0 unspecified atom stereocenters. The van der Waals surface area contributed by atoms with Crippen molar-refractivity contribution >= 4 is 38.8 Å². The van der Waals surface area contributed by atoms with Gasteiger partial charge < -0.3 is 25.0 Å². The summed E-state index contributed by atoms with van der Waals surface area (Å²) in [6.07, 6.45) is 0. The van der Waals surface area contributed by atoms with Crippen molar-refractivity contribution in [1.82, 2.24) is 9.88 Å². The van der Waals surface area contributed by atoms with Gasteiger partial charge in [0, 0.05) is 48.3 Å². The molecule has 6 rings (SSSR count). The Morgan fingerprint density at radius 2 is 1.63 bits per heavy atom. The van der Waals surface area contributed by atoms with Crippen LogP contribution in [0, 0.1) is 5.82 Å². The summed E-state index contributed by atoms with van der Waals surface area (Å²) in [5, 5.41) is 0.703. The topological polar surface area (TPSA) is 80.9 Å². The number of fused-ring (bicyclic) bond motifs is 1. The minimum atomic E-state index is -0.262. The van der Waals surface area contributed by atoms with E-state index in [1.807, 2.05) is 65.6 Å². The molecule has 3 aromatic carbocycles. The number of halogens is 1. The molecule has 0 radical (unpaired) electrons. The lowest BCUT2D eigenvalue weighted by molar-refractivity contribution is 0.0752. The molecule has 0 aliphatic carbocycles. The Morgan fingerprint density at radius 1 is 0.902 bits per heavy atom. The lowest BCUT2D eigenvalue weighted by Gasteiger charge is -2.36. The Hall–Kier alpha value is -4.63. The van der Waals surface area contributed by atoms with Gasteiger partial charge in [-0.05, 0) is 24.3 Å². The molecule has 208 valence electrons. The third kappa shape index (κ3) is 4.82. The Morgan fingerprint density at radius 3 is 2.34 bits per heavy atom. The van der Waals surface area contributed by atoms with Crippen molar-refractivity contribution in [2.24, 2.45) is 0 Å². The minimum Gasteiger partial charge on any atom is -0.493 e. The van der Waals surface area contributed by atoms with Crippen LogP contribution < -0.4 is 20.1 Å². The zero-order chi connectivity index (χ0) is 28.5. The average molecular weight is 569 g/mol. The molecule has 1 amide bonds. The highest BCUT2D eigenvalue weighted by Crippen LogP contribution is 2.46. The predicted molar refractivity (Wildman–Crippen MR) is 163 cm³/mol. The van der Waals surface area contributed by atoms with Crippen molar-refractivity contribution in [1.29, 1.82) is 0 Å². The monoisotopic (exact) mass is 568 g/mol. The summed E-state index contributed by atoms with van der Waals surface area (Å²) in [5.74, 6) is 0.753. The second-order valence-electron chi connectivity index (χ2n) is 9.72. The van der Waals surface area contributed by atoms with Gasteiger partial charge in [0.1, 0.15) is 15.5 Å². The maximum atomic E-state index is 14.3. The number of amides is 1. The lowest BCUT2D eigenvalue weighted by atomic mass is 9.98. The SMILES string of the molecule is COc1cccc(-c2cc(-c3ccccc3)nc3sc(C(=O)N4CCN(c5ccccc5F)CC4)c(N)c23)c1OC. The first-order valence-electron chi connectivity index (χ1n) is 13.3. The van der Waals surface area contributed by atoms with E-state index in [2.05, 4.69) is 0 Å². The van der Waals surface area contributed by atoms with Crippen LogP contribution in [0.2, 0.25) is 0 Å². The summed E-state index contributed by atoms with van der Waals surface area (Å²) in [7, 11) is 3.20. The number of carbonyl (C=O) groups excluding carboxylic acids is 1. The first-order chi connectivity index (χ1) is 20.0. The fraction of sp³-hybridized carbons (Fsp3) is 0.188. The van der Waals surface area contributed by atoms with Gasteiger partial charge in [-0.2, -0.15) is 0 Å². The van der Waals surface area contributed by atoms with Crippen molar-refractivity contribution in [3.63, 3.8) is 0 Å². The Kier molecular flexibility index (Phi) is 7.19. The van der Waals surface area contributed by atoms with E-state index in [0.717, 1.165) is 22.4 Å². The number of pyridine rings is 1. The van der Waals surface area contributed by atoms with E-state index >= 15 is 0 Å². The molecule has 7 nitrogen and oxygen atoms in total. The van der Waals surface area contributed by atoms with E-state index in [4.69, 9.17) is 20.2 Å². The standard InChI is InChI=1S/C32H29FN4O3S/c1-39-26-14-8-11-21(29(26)40-2)22-19-24(20-9-4-3-5-10-20)35-31-27(22)28(34)30(41-31)32(38)37-17-15-36(16-18-37)25-13-7-6-12-23(25)33/h3-14,19H,15-18,34H2,1-2H3. The number of piperazine rings is 1. The van der Waals surface area contributed by atoms with E-state index in [0.29, 0.717) is 64.1 Å². The molecule has 2 aromatic heterocycles. The van der Waals surface area contributed by atoms with Crippen molar-refractivity contribution in [3.8, 4) is 33.9 Å². The molecule has 0 spiro atoms. The maximum absolute atomic E-state index is 14.3. The molecule has 1 saturated heterocycles. The average Bonchev–Trinajstić information content (AvgIpc) is 3.36. The van der Waals surface area contributed by atoms with Crippen LogP contribution in [0.5, 0.6) is 11.5 Å². The molecule has 1 aliphatic heterocycles. The molecule has 41 heavy (non-hydrogen) atoms. The van der Waals surface area contributed by atoms with Gasteiger partial charge in [0.15, 0.2) is 11.5 Å². The summed E-state index contributed by atoms with van der Waals surface area (Å²) >= 11 is 1.29. The molecule has 9 heteroatoms. The number of rotatable bonds is 6. The van der Waals surface area contributed by atoms with Crippen LogP contribution in [0.25, 0.3) is 32.6 Å². The molecule has 0 atom stereocenters. The zero-order valence-corrected chi connectivity index (χ0v) is 23.6. The number of hydrogen-bond acceptors (Lipinski definition) is 7. The maximum Gasteiger partial charge on any atom is 0.266 e. The third-order valence-corrected chi connectivity index (χ3v) is 8.50. The fourth-order valence-corrected chi connectivity index (χ4v) is 6.44. The largest absolute Gasteiger partial charge is 0.493 e. The van der Waals surface area contributed by atoms with Gasteiger partial charge in [-0.3, -0.25) is 4.79 Å².